The van der Waals surface area contributed by atoms with E-state index in [-0.39, 0.29) is 5.41 Å². The minimum Gasteiger partial charge on any atom is -0.381 e. The summed E-state index contributed by atoms with van der Waals surface area (Å²) >= 11 is 0. The lowest BCUT2D eigenvalue weighted by Crippen LogP contribution is -2.31. The van der Waals surface area contributed by atoms with Crippen LogP contribution in [-0.4, -0.2) is 30.1 Å². The highest BCUT2D eigenvalue weighted by molar-refractivity contribution is 5.48. The first-order chi connectivity index (χ1) is 8.86. The zero-order valence-electron chi connectivity index (χ0n) is 13.0. The summed E-state index contributed by atoms with van der Waals surface area (Å²) in [5, 5.41) is 3.70. The molecule has 0 saturated carbocycles. The molecule has 1 aromatic rings. The monoisotopic (exact) mass is 260 g/mol. The van der Waals surface area contributed by atoms with Crippen LogP contribution in [-0.2, 0) is 5.41 Å². The fourth-order valence-electron chi connectivity index (χ4n) is 2.69. The molecule has 0 aromatic heterocycles. The highest BCUT2D eigenvalue weighted by Gasteiger charge is 2.24. The summed E-state index contributed by atoms with van der Waals surface area (Å²) in [6, 6.07) is 10.1. The first kappa shape index (κ1) is 14.4. The third kappa shape index (κ3) is 3.73. The molecule has 19 heavy (non-hydrogen) atoms. The van der Waals surface area contributed by atoms with Gasteiger partial charge in [-0.15, -0.1) is 0 Å². The van der Waals surface area contributed by atoms with Crippen LogP contribution >= 0.6 is 0 Å². The smallest absolute Gasteiger partial charge is 0.0400 e. The Morgan fingerprint density at radius 2 is 2.00 bits per heavy atom. The van der Waals surface area contributed by atoms with Gasteiger partial charge in [-0.25, -0.2) is 0 Å². The molecule has 0 amide bonds. The van der Waals surface area contributed by atoms with E-state index in [2.05, 4.69) is 69.1 Å². The summed E-state index contributed by atoms with van der Waals surface area (Å²) in [6.45, 7) is 13.7. The molecule has 1 unspecified atom stereocenters. The molecule has 2 nitrogen and oxygen atoms in total. The van der Waals surface area contributed by atoms with Gasteiger partial charge in [-0.1, -0.05) is 32.9 Å². The standard InChI is InChI=1S/C17H28N2/c1-13(2)19-10-9-16(12-19)18-15-8-6-7-14(11-15)17(3,4)5/h6-8,11,13,16,18H,9-10,12H2,1-5H3. The molecule has 0 bridgehead atoms. The lowest BCUT2D eigenvalue weighted by Gasteiger charge is -2.22. The fourth-order valence-corrected chi connectivity index (χ4v) is 2.69. The van der Waals surface area contributed by atoms with Crippen molar-refractivity contribution in [3.8, 4) is 0 Å². The minimum atomic E-state index is 0.220. The first-order valence-electron chi connectivity index (χ1n) is 7.47. The maximum atomic E-state index is 3.70. The molecule has 1 atom stereocenters. The molecular formula is C17H28N2. The molecule has 0 aliphatic carbocycles. The molecule has 1 aliphatic heterocycles. The number of hydrogen-bond acceptors (Lipinski definition) is 2. The summed E-state index contributed by atoms with van der Waals surface area (Å²) in [5.74, 6) is 0. The summed E-state index contributed by atoms with van der Waals surface area (Å²) in [6.07, 6.45) is 1.25. The Labute approximate surface area is 118 Å². The van der Waals surface area contributed by atoms with Crippen molar-refractivity contribution in [3.05, 3.63) is 29.8 Å². The Morgan fingerprint density at radius 3 is 2.58 bits per heavy atom. The van der Waals surface area contributed by atoms with Crippen LogP contribution in [0.1, 0.15) is 46.6 Å². The number of hydrogen-bond donors (Lipinski definition) is 1. The molecule has 106 valence electrons. The van der Waals surface area contributed by atoms with Crippen LogP contribution in [0.3, 0.4) is 0 Å². The van der Waals surface area contributed by atoms with Gasteiger partial charge in [0.2, 0.25) is 0 Å². The van der Waals surface area contributed by atoms with E-state index in [1.807, 2.05) is 0 Å². The van der Waals surface area contributed by atoms with E-state index in [1.165, 1.54) is 24.2 Å². The Bertz CT molecular complexity index is 418. The van der Waals surface area contributed by atoms with Gasteiger partial charge in [0.1, 0.15) is 0 Å². The SMILES string of the molecule is CC(C)N1CCC(Nc2cccc(C(C)(C)C)c2)C1. The first-order valence-corrected chi connectivity index (χ1v) is 7.47. The minimum absolute atomic E-state index is 0.220. The lowest BCUT2D eigenvalue weighted by atomic mass is 9.87. The van der Waals surface area contributed by atoms with E-state index in [0.29, 0.717) is 12.1 Å². The van der Waals surface area contributed by atoms with Crippen molar-refractivity contribution in [1.82, 2.24) is 4.90 Å². The van der Waals surface area contributed by atoms with Crippen molar-refractivity contribution in [3.63, 3.8) is 0 Å². The second-order valence-electron chi connectivity index (χ2n) is 7.05. The topological polar surface area (TPSA) is 15.3 Å². The number of anilines is 1. The van der Waals surface area contributed by atoms with Crippen LogP contribution in [0.15, 0.2) is 24.3 Å². The lowest BCUT2D eigenvalue weighted by molar-refractivity contribution is 0.274. The Hall–Kier alpha value is -1.02. The van der Waals surface area contributed by atoms with Crippen LogP contribution in [0.5, 0.6) is 0 Å². The molecule has 2 heteroatoms. The Morgan fingerprint density at radius 1 is 1.26 bits per heavy atom. The van der Waals surface area contributed by atoms with Gasteiger partial charge in [-0.3, -0.25) is 4.90 Å². The number of likely N-dealkylation sites (tertiary alicyclic amines) is 1. The van der Waals surface area contributed by atoms with Gasteiger partial charge in [0.25, 0.3) is 0 Å². The predicted molar refractivity (Wildman–Crippen MR) is 83.9 cm³/mol. The van der Waals surface area contributed by atoms with E-state index in [9.17, 15) is 0 Å². The molecular weight excluding hydrogens is 232 g/mol. The molecule has 0 spiro atoms. The second-order valence-corrected chi connectivity index (χ2v) is 7.05. The molecule has 1 fully saturated rings. The summed E-state index contributed by atoms with van der Waals surface area (Å²) < 4.78 is 0. The normalized spacial score (nSPS) is 21.1. The van der Waals surface area contributed by atoms with Crippen LogP contribution in [0.4, 0.5) is 5.69 Å². The Balaban J connectivity index is 2.01. The summed E-state index contributed by atoms with van der Waals surface area (Å²) in [7, 11) is 0. The van der Waals surface area contributed by atoms with Crippen molar-refractivity contribution in [1.29, 1.82) is 0 Å². The van der Waals surface area contributed by atoms with Gasteiger partial charge in [-0.2, -0.15) is 0 Å². The maximum absolute atomic E-state index is 3.70. The number of nitrogens with one attached hydrogen (secondary N) is 1. The van der Waals surface area contributed by atoms with Crippen molar-refractivity contribution < 1.29 is 0 Å². The average Bonchev–Trinajstić information content (AvgIpc) is 2.77. The zero-order valence-corrected chi connectivity index (χ0v) is 13.0. The molecule has 1 saturated heterocycles. The molecule has 2 rings (SSSR count). The largest absolute Gasteiger partial charge is 0.381 e. The highest BCUT2D eigenvalue weighted by atomic mass is 15.2. The van der Waals surface area contributed by atoms with E-state index in [4.69, 9.17) is 0 Å². The van der Waals surface area contributed by atoms with Crippen molar-refractivity contribution in [2.24, 2.45) is 0 Å². The van der Waals surface area contributed by atoms with Crippen molar-refractivity contribution in [2.75, 3.05) is 18.4 Å². The van der Waals surface area contributed by atoms with Gasteiger partial charge >= 0.3 is 0 Å². The number of rotatable bonds is 3. The van der Waals surface area contributed by atoms with E-state index in [0.717, 1.165) is 6.54 Å². The van der Waals surface area contributed by atoms with Gasteiger partial charge < -0.3 is 5.32 Å². The van der Waals surface area contributed by atoms with Crippen molar-refractivity contribution >= 4 is 5.69 Å². The Kier molecular flexibility index (Phi) is 4.19. The van der Waals surface area contributed by atoms with Gasteiger partial charge in [0.15, 0.2) is 0 Å². The number of nitrogens with zero attached hydrogens (tertiary/aromatic N) is 1. The third-order valence-corrected chi connectivity index (χ3v) is 4.05. The van der Waals surface area contributed by atoms with Crippen LogP contribution in [0.25, 0.3) is 0 Å². The predicted octanol–water partition coefficient (Wildman–Crippen LogP) is 3.88. The average molecular weight is 260 g/mol. The quantitative estimate of drug-likeness (QED) is 0.887. The van der Waals surface area contributed by atoms with Crippen LogP contribution < -0.4 is 5.32 Å². The van der Waals surface area contributed by atoms with E-state index in [1.54, 1.807) is 0 Å². The van der Waals surface area contributed by atoms with Crippen LogP contribution in [0.2, 0.25) is 0 Å². The fraction of sp³-hybridized carbons (Fsp3) is 0.647. The molecule has 1 heterocycles. The summed E-state index contributed by atoms with van der Waals surface area (Å²) in [5.41, 5.74) is 2.89. The second kappa shape index (κ2) is 5.54. The molecule has 1 aliphatic rings. The summed E-state index contributed by atoms with van der Waals surface area (Å²) in [4.78, 5) is 2.55. The van der Waals surface area contributed by atoms with Crippen LogP contribution in [0, 0.1) is 0 Å². The zero-order chi connectivity index (χ0) is 14.0. The number of benzene rings is 1. The molecule has 1 N–H and O–H groups in total. The maximum Gasteiger partial charge on any atom is 0.0400 e. The van der Waals surface area contributed by atoms with Gasteiger partial charge in [0, 0.05) is 30.9 Å². The van der Waals surface area contributed by atoms with Gasteiger partial charge in [0.05, 0.1) is 0 Å². The third-order valence-electron chi connectivity index (χ3n) is 4.05. The highest BCUT2D eigenvalue weighted by Crippen LogP contribution is 2.25. The van der Waals surface area contributed by atoms with Crippen molar-refractivity contribution in [2.45, 2.75) is 58.5 Å². The molecule has 1 aromatic carbocycles. The van der Waals surface area contributed by atoms with E-state index < -0.39 is 0 Å². The van der Waals surface area contributed by atoms with Gasteiger partial charge in [-0.05, 0) is 43.4 Å². The van der Waals surface area contributed by atoms with E-state index >= 15 is 0 Å². The molecule has 0 radical (unpaired) electrons.